The molecule has 0 spiro atoms. The SMILES string of the molecule is Cc1cc(N)nc(-c2cc(Br)c(Cl)s2)n1. The Labute approximate surface area is 104 Å². The summed E-state index contributed by atoms with van der Waals surface area (Å²) in [5, 5.41) is 0. The van der Waals surface area contributed by atoms with E-state index in [1.807, 2.05) is 13.0 Å². The van der Waals surface area contributed by atoms with Crippen molar-refractivity contribution in [3.05, 3.63) is 26.6 Å². The molecule has 3 nitrogen and oxygen atoms in total. The summed E-state index contributed by atoms with van der Waals surface area (Å²) in [5.74, 6) is 1.09. The molecule has 0 aromatic carbocycles. The first-order chi connectivity index (χ1) is 7.06. The molecule has 2 rings (SSSR count). The van der Waals surface area contributed by atoms with Gasteiger partial charge >= 0.3 is 0 Å². The summed E-state index contributed by atoms with van der Waals surface area (Å²) in [6.45, 7) is 1.88. The Kier molecular flexibility index (Phi) is 2.95. The van der Waals surface area contributed by atoms with E-state index in [1.165, 1.54) is 11.3 Å². The third kappa shape index (κ3) is 2.30. The molecule has 6 heteroatoms. The third-order valence-corrected chi connectivity index (χ3v) is 4.21. The zero-order chi connectivity index (χ0) is 11.0. The van der Waals surface area contributed by atoms with Gasteiger partial charge in [-0.2, -0.15) is 0 Å². The third-order valence-electron chi connectivity index (χ3n) is 1.74. The number of rotatable bonds is 1. The number of aryl methyl sites for hydroxylation is 1. The minimum Gasteiger partial charge on any atom is -0.384 e. The summed E-state index contributed by atoms with van der Waals surface area (Å²) in [4.78, 5) is 9.36. The zero-order valence-corrected chi connectivity index (χ0v) is 10.9. The molecule has 0 fully saturated rings. The number of hydrogen-bond acceptors (Lipinski definition) is 4. The van der Waals surface area contributed by atoms with Crippen LogP contribution in [-0.2, 0) is 0 Å². The highest BCUT2D eigenvalue weighted by Gasteiger charge is 2.09. The van der Waals surface area contributed by atoms with Crippen molar-refractivity contribution in [3.8, 4) is 10.7 Å². The average molecular weight is 305 g/mol. The van der Waals surface area contributed by atoms with Gasteiger partial charge in [0.25, 0.3) is 0 Å². The summed E-state index contributed by atoms with van der Waals surface area (Å²) in [7, 11) is 0. The lowest BCUT2D eigenvalue weighted by atomic mass is 10.4. The van der Waals surface area contributed by atoms with Gasteiger partial charge in [0.2, 0.25) is 0 Å². The van der Waals surface area contributed by atoms with E-state index in [9.17, 15) is 0 Å². The second-order valence-electron chi connectivity index (χ2n) is 2.99. The van der Waals surface area contributed by atoms with Crippen molar-refractivity contribution in [1.82, 2.24) is 9.97 Å². The number of nitrogen functional groups attached to an aromatic ring is 1. The molecular formula is C9H7BrClN3S. The van der Waals surface area contributed by atoms with Crippen LogP contribution in [0.2, 0.25) is 4.34 Å². The molecule has 0 saturated carbocycles. The van der Waals surface area contributed by atoms with E-state index < -0.39 is 0 Å². The first-order valence-electron chi connectivity index (χ1n) is 4.12. The van der Waals surface area contributed by atoms with E-state index in [2.05, 4.69) is 25.9 Å². The molecule has 0 unspecified atom stereocenters. The lowest BCUT2D eigenvalue weighted by Gasteiger charge is -1.99. The highest BCUT2D eigenvalue weighted by molar-refractivity contribution is 9.10. The molecule has 0 saturated heterocycles. The normalized spacial score (nSPS) is 10.6. The molecule has 0 radical (unpaired) electrons. The molecule has 0 aliphatic rings. The Morgan fingerprint density at radius 2 is 2.13 bits per heavy atom. The van der Waals surface area contributed by atoms with E-state index in [4.69, 9.17) is 17.3 Å². The summed E-state index contributed by atoms with van der Waals surface area (Å²) in [6.07, 6.45) is 0. The van der Waals surface area contributed by atoms with Crippen LogP contribution in [0.25, 0.3) is 10.7 Å². The van der Waals surface area contributed by atoms with Gasteiger partial charge in [0.15, 0.2) is 5.82 Å². The van der Waals surface area contributed by atoms with Crippen molar-refractivity contribution in [2.24, 2.45) is 0 Å². The molecule has 0 aliphatic carbocycles. The van der Waals surface area contributed by atoms with Gasteiger partial charge in [-0.15, -0.1) is 11.3 Å². The van der Waals surface area contributed by atoms with Gasteiger partial charge < -0.3 is 5.73 Å². The largest absolute Gasteiger partial charge is 0.384 e. The first-order valence-corrected chi connectivity index (χ1v) is 6.11. The van der Waals surface area contributed by atoms with Crippen LogP contribution in [0.5, 0.6) is 0 Å². The Balaban J connectivity index is 2.53. The van der Waals surface area contributed by atoms with Crippen LogP contribution in [0, 0.1) is 6.92 Å². The number of nitrogens with two attached hydrogens (primary N) is 1. The van der Waals surface area contributed by atoms with Crippen LogP contribution >= 0.6 is 38.9 Å². The summed E-state index contributed by atoms with van der Waals surface area (Å²) >= 11 is 10.7. The molecular weight excluding hydrogens is 298 g/mol. The molecule has 2 N–H and O–H groups in total. The van der Waals surface area contributed by atoms with Crippen LogP contribution in [0.4, 0.5) is 5.82 Å². The van der Waals surface area contributed by atoms with E-state index in [-0.39, 0.29) is 0 Å². The minimum atomic E-state index is 0.471. The minimum absolute atomic E-state index is 0.471. The fourth-order valence-electron chi connectivity index (χ4n) is 1.16. The summed E-state index contributed by atoms with van der Waals surface area (Å²) in [6, 6.07) is 3.62. The maximum absolute atomic E-state index is 5.94. The van der Waals surface area contributed by atoms with Gasteiger partial charge in [-0.1, -0.05) is 11.6 Å². The Morgan fingerprint density at radius 3 is 2.67 bits per heavy atom. The lowest BCUT2D eigenvalue weighted by Crippen LogP contribution is -1.96. The van der Waals surface area contributed by atoms with Crippen LogP contribution < -0.4 is 5.73 Å². The number of anilines is 1. The summed E-state index contributed by atoms with van der Waals surface area (Å²) in [5.41, 5.74) is 6.50. The highest BCUT2D eigenvalue weighted by Crippen LogP contribution is 2.36. The maximum Gasteiger partial charge on any atom is 0.171 e. The number of halogens is 2. The number of hydrogen-bond donors (Lipinski definition) is 1. The molecule has 0 atom stereocenters. The topological polar surface area (TPSA) is 51.8 Å². The standard InChI is InChI=1S/C9H7BrClN3S/c1-4-2-7(12)14-9(13-4)6-3-5(10)8(11)15-6/h2-3H,1H3,(H2,12,13,14). The molecule has 15 heavy (non-hydrogen) atoms. The van der Waals surface area contributed by atoms with Gasteiger partial charge in [0.05, 0.1) is 4.88 Å². The van der Waals surface area contributed by atoms with Crippen molar-refractivity contribution in [1.29, 1.82) is 0 Å². The quantitative estimate of drug-likeness (QED) is 0.877. The second-order valence-corrected chi connectivity index (χ2v) is 5.50. The Hall–Kier alpha value is -0.650. The molecule has 0 bridgehead atoms. The fraction of sp³-hybridized carbons (Fsp3) is 0.111. The lowest BCUT2D eigenvalue weighted by molar-refractivity contribution is 1.13. The molecule has 0 amide bonds. The van der Waals surface area contributed by atoms with Crippen LogP contribution in [-0.4, -0.2) is 9.97 Å². The van der Waals surface area contributed by atoms with Gasteiger partial charge in [0.1, 0.15) is 10.2 Å². The number of aromatic nitrogens is 2. The fourth-order valence-corrected chi connectivity index (χ4v) is 2.80. The Bertz CT molecular complexity index is 472. The van der Waals surface area contributed by atoms with Crippen molar-refractivity contribution in [2.45, 2.75) is 6.92 Å². The van der Waals surface area contributed by atoms with Gasteiger partial charge in [-0.25, -0.2) is 9.97 Å². The second kappa shape index (κ2) is 4.08. The van der Waals surface area contributed by atoms with Gasteiger partial charge in [-0.3, -0.25) is 0 Å². The molecule has 2 aromatic heterocycles. The molecule has 78 valence electrons. The van der Waals surface area contributed by atoms with Crippen molar-refractivity contribution in [3.63, 3.8) is 0 Å². The Morgan fingerprint density at radius 1 is 1.40 bits per heavy atom. The first kappa shape index (κ1) is 10.9. The van der Waals surface area contributed by atoms with Crippen LogP contribution in [0.3, 0.4) is 0 Å². The zero-order valence-electron chi connectivity index (χ0n) is 7.79. The highest BCUT2D eigenvalue weighted by atomic mass is 79.9. The van der Waals surface area contributed by atoms with Crippen LogP contribution in [0.1, 0.15) is 5.69 Å². The predicted octanol–water partition coefficient (Wildman–Crippen LogP) is 3.51. The molecule has 2 heterocycles. The molecule has 2 aromatic rings. The smallest absolute Gasteiger partial charge is 0.171 e. The van der Waals surface area contributed by atoms with Crippen molar-refractivity contribution in [2.75, 3.05) is 5.73 Å². The predicted molar refractivity (Wildman–Crippen MR) is 67.2 cm³/mol. The van der Waals surface area contributed by atoms with Gasteiger partial charge in [-0.05, 0) is 28.9 Å². The van der Waals surface area contributed by atoms with Crippen molar-refractivity contribution >= 4 is 44.7 Å². The van der Waals surface area contributed by atoms with E-state index >= 15 is 0 Å². The van der Waals surface area contributed by atoms with Crippen molar-refractivity contribution < 1.29 is 0 Å². The summed E-state index contributed by atoms with van der Waals surface area (Å²) < 4.78 is 1.54. The maximum atomic E-state index is 5.94. The van der Waals surface area contributed by atoms with E-state index in [1.54, 1.807) is 6.07 Å². The molecule has 0 aliphatic heterocycles. The monoisotopic (exact) mass is 303 g/mol. The van der Waals surface area contributed by atoms with E-state index in [0.29, 0.717) is 16.0 Å². The number of thiophene rings is 1. The van der Waals surface area contributed by atoms with E-state index in [0.717, 1.165) is 15.0 Å². The van der Waals surface area contributed by atoms with Gasteiger partial charge in [0, 0.05) is 16.2 Å². The number of nitrogens with zero attached hydrogens (tertiary/aromatic N) is 2. The van der Waals surface area contributed by atoms with Crippen LogP contribution in [0.15, 0.2) is 16.6 Å². The average Bonchev–Trinajstić information content (AvgIpc) is 2.45.